The summed E-state index contributed by atoms with van der Waals surface area (Å²) < 4.78 is 47.7. The van der Waals surface area contributed by atoms with E-state index in [-0.39, 0.29) is 5.92 Å². The zero-order chi connectivity index (χ0) is 14.5. The summed E-state index contributed by atoms with van der Waals surface area (Å²) in [5, 5.41) is 2.50. The van der Waals surface area contributed by atoms with E-state index >= 15 is 0 Å². The summed E-state index contributed by atoms with van der Waals surface area (Å²) in [6, 6.07) is 0. The highest BCUT2D eigenvalue weighted by molar-refractivity contribution is 8.06. The number of nitrogens with zero attached hydrogens (tertiary/aromatic N) is 1. The van der Waals surface area contributed by atoms with Crippen LogP contribution in [-0.4, -0.2) is 58.7 Å². The molecule has 1 aliphatic rings. The fourth-order valence-electron chi connectivity index (χ4n) is 2.27. The molecule has 0 spiro atoms. The van der Waals surface area contributed by atoms with Crippen molar-refractivity contribution in [3.63, 3.8) is 0 Å². The molecular formula is C11H24N2O4S2. The van der Waals surface area contributed by atoms with Crippen molar-refractivity contribution < 1.29 is 16.8 Å². The summed E-state index contributed by atoms with van der Waals surface area (Å²) in [4.78, 5) is 0. The number of piperidine rings is 1. The second kappa shape index (κ2) is 7.01. The predicted molar refractivity (Wildman–Crippen MR) is 76.1 cm³/mol. The van der Waals surface area contributed by atoms with Crippen molar-refractivity contribution in [2.24, 2.45) is 5.92 Å². The van der Waals surface area contributed by atoms with Gasteiger partial charge in [0.05, 0.1) is 0 Å². The number of nitrogens with one attached hydrogen (secondary N) is 1. The molecule has 8 heteroatoms. The summed E-state index contributed by atoms with van der Waals surface area (Å²) in [5.74, 6) is 0.273. The van der Waals surface area contributed by atoms with Crippen molar-refractivity contribution in [3.8, 4) is 0 Å². The summed E-state index contributed by atoms with van der Waals surface area (Å²) in [6.07, 6.45) is 3.78. The minimum atomic E-state index is -3.69. The predicted octanol–water partition coefficient (Wildman–Crippen LogP) is 0.0299. The Kier molecular flexibility index (Phi) is 6.22. The Bertz CT molecular complexity index is 473. The van der Waals surface area contributed by atoms with Gasteiger partial charge in [-0.2, -0.15) is 0 Å². The third kappa shape index (κ3) is 6.20. The van der Waals surface area contributed by atoms with Gasteiger partial charge >= 0.3 is 0 Å². The first kappa shape index (κ1) is 16.9. The van der Waals surface area contributed by atoms with Gasteiger partial charge in [-0.1, -0.05) is 6.92 Å². The van der Waals surface area contributed by atoms with Crippen LogP contribution in [0.5, 0.6) is 0 Å². The SMILES string of the molecule is CCCNCC1CCCN(S(=O)(=O)CS(C)(=O)=O)C1. The quantitative estimate of drug-likeness (QED) is 0.671. The lowest BCUT2D eigenvalue weighted by Crippen LogP contribution is -2.44. The lowest BCUT2D eigenvalue weighted by atomic mass is 10.00. The van der Waals surface area contributed by atoms with E-state index < -0.39 is 24.9 Å². The fraction of sp³-hybridized carbons (Fsp3) is 1.00. The standard InChI is InChI=1S/C11H24N2O4S2/c1-3-6-12-8-11-5-4-7-13(9-11)19(16,17)10-18(2,14)15/h11-12H,3-10H2,1-2H3. The molecule has 0 aromatic heterocycles. The topological polar surface area (TPSA) is 83.6 Å². The normalized spacial score (nSPS) is 22.5. The molecule has 1 N–H and O–H groups in total. The minimum Gasteiger partial charge on any atom is -0.316 e. The van der Waals surface area contributed by atoms with Crippen LogP contribution in [0, 0.1) is 5.92 Å². The van der Waals surface area contributed by atoms with Gasteiger partial charge in [-0.25, -0.2) is 21.1 Å². The Morgan fingerprint density at radius 3 is 2.53 bits per heavy atom. The number of rotatable bonds is 7. The molecule has 114 valence electrons. The Labute approximate surface area is 116 Å². The molecule has 0 aliphatic carbocycles. The van der Waals surface area contributed by atoms with Crippen molar-refractivity contribution >= 4 is 19.9 Å². The highest BCUT2D eigenvalue weighted by Gasteiger charge is 2.31. The van der Waals surface area contributed by atoms with E-state index in [4.69, 9.17) is 0 Å². The van der Waals surface area contributed by atoms with Gasteiger partial charge in [0.1, 0.15) is 0 Å². The smallest absolute Gasteiger partial charge is 0.228 e. The van der Waals surface area contributed by atoms with Gasteiger partial charge in [0.2, 0.25) is 10.0 Å². The maximum Gasteiger partial charge on any atom is 0.228 e. The van der Waals surface area contributed by atoms with Crippen LogP contribution >= 0.6 is 0 Å². The molecule has 6 nitrogen and oxygen atoms in total. The van der Waals surface area contributed by atoms with Gasteiger partial charge in [-0.15, -0.1) is 0 Å². The lowest BCUT2D eigenvalue weighted by Gasteiger charge is -2.31. The Balaban J connectivity index is 2.59. The number of sulfone groups is 1. The van der Waals surface area contributed by atoms with Crippen LogP contribution in [0.1, 0.15) is 26.2 Å². The minimum absolute atomic E-state index is 0.273. The molecule has 0 bridgehead atoms. The number of hydrogen-bond donors (Lipinski definition) is 1. The van der Waals surface area contributed by atoms with Crippen molar-refractivity contribution in [1.29, 1.82) is 0 Å². The van der Waals surface area contributed by atoms with E-state index in [1.165, 1.54) is 4.31 Å². The van der Waals surface area contributed by atoms with Crippen LogP contribution < -0.4 is 5.32 Å². The van der Waals surface area contributed by atoms with Crippen molar-refractivity contribution in [3.05, 3.63) is 0 Å². The third-order valence-corrected chi connectivity index (χ3v) is 7.12. The fourth-order valence-corrected chi connectivity index (χ4v) is 5.88. The highest BCUT2D eigenvalue weighted by Crippen LogP contribution is 2.19. The zero-order valence-corrected chi connectivity index (χ0v) is 13.3. The molecule has 0 amide bonds. The summed E-state index contributed by atoms with van der Waals surface area (Å²) in [7, 11) is -7.20. The number of hydrogen-bond acceptors (Lipinski definition) is 5. The third-order valence-electron chi connectivity index (χ3n) is 3.10. The monoisotopic (exact) mass is 312 g/mol. The van der Waals surface area contributed by atoms with E-state index in [0.29, 0.717) is 13.1 Å². The maximum atomic E-state index is 12.0. The van der Waals surface area contributed by atoms with Crippen molar-refractivity contribution in [2.75, 3.05) is 37.5 Å². The summed E-state index contributed by atoms with van der Waals surface area (Å²) >= 11 is 0. The zero-order valence-electron chi connectivity index (χ0n) is 11.6. The molecule has 0 saturated carbocycles. The van der Waals surface area contributed by atoms with E-state index in [1.807, 2.05) is 0 Å². The highest BCUT2D eigenvalue weighted by atomic mass is 32.3. The van der Waals surface area contributed by atoms with Crippen LogP contribution in [0.4, 0.5) is 0 Å². The van der Waals surface area contributed by atoms with Gasteiger partial charge in [-0.3, -0.25) is 0 Å². The molecule has 1 rings (SSSR count). The molecule has 1 heterocycles. The molecule has 1 fully saturated rings. The number of sulfonamides is 1. The Hall–Kier alpha value is -0.180. The first-order valence-corrected chi connectivity index (χ1v) is 10.3. The average Bonchev–Trinajstić information content (AvgIpc) is 2.27. The molecule has 19 heavy (non-hydrogen) atoms. The van der Waals surface area contributed by atoms with E-state index in [0.717, 1.165) is 38.6 Å². The molecule has 0 radical (unpaired) electrons. The van der Waals surface area contributed by atoms with Crippen LogP contribution in [0.3, 0.4) is 0 Å². The average molecular weight is 312 g/mol. The lowest BCUT2D eigenvalue weighted by molar-refractivity contribution is 0.261. The van der Waals surface area contributed by atoms with Gasteiger partial charge < -0.3 is 5.32 Å². The Morgan fingerprint density at radius 1 is 1.26 bits per heavy atom. The van der Waals surface area contributed by atoms with Crippen LogP contribution in [0.25, 0.3) is 0 Å². The second-order valence-corrected chi connectivity index (χ2v) is 9.70. The molecule has 1 unspecified atom stereocenters. The van der Waals surface area contributed by atoms with Crippen molar-refractivity contribution in [1.82, 2.24) is 9.62 Å². The first-order chi connectivity index (χ1) is 8.74. The van der Waals surface area contributed by atoms with Gasteiger partial charge in [0.25, 0.3) is 0 Å². The second-order valence-electron chi connectivity index (χ2n) is 5.23. The van der Waals surface area contributed by atoms with E-state index in [1.54, 1.807) is 0 Å². The van der Waals surface area contributed by atoms with Gasteiger partial charge in [0.15, 0.2) is 14.9 Å². The molecule has 1 saturated heterocycles. The van der Waals surface area contributed by atoms with Crippen LogP contribution in [-0.2, 0) is 19.9 Å². The van der Waals surface area contributed by atoms with Crippen LogP contribution in [0.2, 0.25) is 0 Å². The molecule has 0 aromatic carbocycles. The van der Waals surface area contributed by atoms with Crippen molar-refractivity contribution in [2.45, 2.75) is 26.2 Å². The summed E-state index contributed by atoms with van der Waals surface area (Å²) in [6.45, 7) is 4.65. The molecule has 1 atom stereocenters. The van der Waals surface area contributed by atoms with Gasteiger partial charge in [-0.05, 0) is 38.3 Å². The first-order valence-electron chi connectivity index (χ1n) is 6.61. The van der Waals surface area contributed by atoms with Gasteiger partial charge in [0, 0.05) is 19.3 Å². The molecule has 1 aliphatic heterocycles. The molecule has 0 aromatic rings. The van der Waals surface area contributed by atoms with E-state index in [2.05, 4.69) is 12.2 Å². The largest absolute Gasteiger partial charge is 0.316 e. The molecular weight excluding hydrogens is 288 g/mol. The van der Waals surface area contributed by atoms with E-state index in [9.17, 15) is 16.8 Å². The maximum absolute atomic E-state index is 12.0. The Morgan fingerprint density at radius 2 is 1.95 bits per heavy atom. The summed E-state index contributed by atoms with van der Waals surface area (Å²) in [5.41, 5.74) is 0. The van der Waals surface area contributed by atoms with Crippen LogP contribution in [0.15, 0.2) is 0 Å².